The molecule has 0 amide bonds. The van der Waals surface area contributed by atoms with Gasteiger partial charge in [0.1, 0.15) is 5.15 Å². The third-order valence-corrected chi connectivity index (χ3v) is 2.51. The molecule has 2 aromatic rings. The Morgan fingerprint density at radius 1 is 1.27 bits per heavy atom. The number of aromatic nitrogens is 1. The Morgan fingerprint density at radius 3 is 2.67 bits per heavy atom. The SMILES string of the molecule is COc1cc2nc(Cl)cc(Cl)c2cc1F. The van der Waals surface area contributed by atoms with E-state index in [4.69, 9.17) is 27.9 Å². The summed E-state index contributed by atoms with van der Waals surface area (Å²) in [4.78, 5) is 4.02. The Hall–Kier alpha value is -1.06. The van der Waals surface area contributed by atoms with Crippen molar-refractivity contribution in [2.45, 2.75) is 0 Å². The summed E-state index contributed by atoms with van der Waals surface area (Å²) in [6.45, 7) is 0. The van der Waals surface area contributed by atoms with Gasteiger partial charge in [0.15, 0.2) is 11.6 Å². The molecule has 0 fully saturated rings. The number of fused-ring (bicyclic) bond motifs is 1. The van der Waals surface area contributed by atoms with Gasteiger partial charge in [-0.1, -0.05) is 23.2 Å². The number of nitrogens with zero attached hydrogens (tertiary/aromatic N) is 1. The first-order valence-electron chi connectivity index (χ1n) is 4.11. The predicted molar refractivity (Wildman–Crippen MR) is 58.3 cm³/mol. The van der Waals surface area contributed by atoms with Gasteiger partial charge in [-0.3, -0.25) is 0 Å². The third-order valence-electron chi connectivity index (χ3n) is 2.00. The van der Waals surface area contributed by atoms with Crippen molar-refractivity contribution in [2.24, 2.45) is 0 Å². The summed E-state index contributed by atoms with van der Waals surface area (Å²) in [5.41, 5.74) is 0.505. The van der Waals surface area contributed by atoms with Crippen LogP contribution in [0.4, 0.5) is 4.39 Å². The topological polar surface area (TPSA) is 22.1 Å². The molecular weight excluding hydrogens is 240 g/mol. The van der Waals surface area contributed by atoms with Gasteiger partial charge < -0.3 is 4.74 Å². The molecule has 0 bridgehead atoms. The maximum Gasteiger partial charge on any atom is 0.165 e. The van der Waals surface area contributed by atoms with Crippen molar-refractivity contribution < 1.29 is 9.13 Å². The van der Waals surface area contributed by atoms with Crippen LogP contribution in [0.15, 0.2) is 18.2 Å². The van der Waals surface area contributed by atoms with Crippen LogP contribution in [0.3, 0.4) is 0 Å². The standard InChI is InChI=1S/C10H6Cl2FNO/c1-15-9-4-8-5(2-7(9)13)6(11)3-10(12)14-8/h2-4H,1H3. The first-order valence-corrected chi connectivity index (χ1v) is 4.86. The number of methoxy groups -OCH3 is 1. The highest BCUT2D eigenvalue weighted by Crippen LogP contribution is 2.30. The highest BCUT2D eigenvalue weighted by Gasteiger charge is 2.09. The number of rotatable bonds is 1. The van der Waals surface area contributed by atoms with E-state index in [1.165, 1.54) is 25.3 Å². The van der Waals surface area contributed by atoms with E-state index in [2.05, 4.69) is 4.98 Å². The minimum atomic E-state index is -0.476. The van der Waals surface area contributed by atoms with Crippen LogP contribution in [-0.2, 0) is 0 Å². The van der Waals surface area contributed by atoms with Gasteiger partial charge in [-0.2, -0.15) is 0 Å². The smallest absolute Gasteiger partial charge is 0.165 e. The first-order chi connectivity index (χ1) is 7.11. The summed E-state index contributed by atoms with van der Waals surface area (Å²) in [7, 11) is 1.39. The Kier molecular flexibility index (Phi) is 2.67. The van der Waals surface area contributed by atoms with Crippen LogP contribution in [0.5, 0.6) is 5.75 Å². The third kappa shape index (κ3) is 1.85. The lowest BCUT2D eigenvalue weighted by Gasteiger charge is -2.05. The molecule has 0 saturated carbocycles. The first kappa shape index (κ1) is 10.5. The number of benzene rings is 1. The van der Waals surface area contributed by atoms with Gasteiger partial charge >= 0.3 is 0 Å². The Balaban J connectivity index is 2.81. The Labute approximate surface area is 95.6 Å². The van der Waals surface area contributed by atoms with Crippen LogP contribution < -0.4 is 4.74 Å². The summed E-state index contributed by atoms with van der Waals surface area (Å²) in [5, 5.41) is 1.15. The van der Waals surface area contributed by atoms with E-state index in [-0.39, 0.29) is 10.9 Å². The molecule has 0 saturated heterocycles. The lowest BCUT2D eigenvalue weighted by Crippen LogP contribution is -1.90. The highest BCUT2D eigenvalue weighted by atomic mass is 35.5. The van der Waals surface area contributed by atoms with Crippen LogP contribution in [0.2, 0.25) is 10.2 Å². The monoisotopic (exact) mass is 245 g/mol. The fourth-order valence-corrected chi connectivity index (χ4v) is 1.82. The van der Waals surface area contributed by atoms with E-state index in [1.807, 2.05) is 0 Å². The zero-order valence-corrected chi connectivity index (χ0v) is 9.23. The fourth-order valence-electron chi connectivity index (χ4n) is 1.31. The number of hydrogen-bond acceptors (Lipinski definition) is 2. The fraction of sp³-hybridized carbons (Fsp3) is 0.100. The zero-order chi connectivity index (χ0) is 11.0. The van der Waals surface area contributed by atoms with Crippen LogP contribution in [0.25, 0.3) is 10.9 Å². The van der Waals surface area contributed by atoms with Crippen molar-refractivity contribution in [3.8, 4) is 5.75 Å². The number of halogens is 3. The molecular formula is C10H6Cl2FNO. The lowest BCUT2D eigenvalue weighted by atomic mass is 10.2. The highest BCUT2D eigenvalue weighted by molar-refractivity contribution is 6.37. The van der Waals surface area contributed by atoms with Crippen molar-refractivity contribution >= 4 is 34.1 Å². The summed E-state index contributed by atoms with van der Waals surface area (Å²) < 4.78 is 18.2. The molecule has 0 aliphatic heterocycles. The summed E-state index contributed by atoms with van der Waals surface area (Å²) >= 11 is 11.6. The zero-order valence-electron chi connectivity index (χ0n) is 7.72. The second kappa shape index (κ2) is 3.83. The van der Waals surface area contributed by atoms with E-state index in [1.54, 1.807) is 0 Å². The maximum atomic E-state index is 13.4. The molecule has 0 radical (unpaired) electrons. The van der Waals surface area contributed by atoms with E-state index < -0.39 is 5.82 Å². The molecule has 0 aliphatic carbocycles. The average Bonchev–Trinajstić information content (AvgIpc) is 2.18. The molecule has 0 spiro atoms. The number of ether oxygens (including phenoxy) is 1. The second-order valence-corrected chi connectivity index (χ2v) is 3.73. The molecule has 0 aliphatic rings. The van der Waals surface area contributed by atoms with Gasteiger partial charge in [0.2, 0.25) is 0 Å². The summed E-state index contributed by atoms with van der Waals surface area (Å²) in [5.74, 6) is -0.357. The lowest BCUT2D eigenvalue weighted by molar-refractivity contribution is 0.387. The minimum Gasteiger partial charge on any atom is -0.494 e. The van der Waals surface area contributed by atoms with Gasteiger partial charge in [0.05, 0.1) is 17.6 Å². The Bertz CT molecular complexity index is 530. The summed E-state index contributed by atoms with van der Waals surface area (Å²) in [6, 6.07) is 4.21. The van der Waals surface area contributed by atoms with Gasteiger partial charge in [0, 0.05) is 11.5 Å². The molecule has 15 heavy (non-hydrogen) atoms. The number of hydrogen-bond donors (Lipinski definition) is 0. The largest absolute Gasteiger partial charge is 0.494 e. The molecule has 0 N–H and O–H groups in total. The van der Waals surface area contributed by atoms with Crippen molar-refractivity contribution in [2.75, 3.05) is 7.11 Å². The molecule has 1 aromatic heterocycles. The molecule has 5 heteroatoms. The molecule has 2 nitrogen and oxygen atoms in total. The van der Waals surface area contributed by atoms with Crippen LogP contribution >= 0.6 is 23.2 Å². The van der Waals surface area contributed by atoms with Crippen LogP contribution in [-0.4, -0.2) is 12.1 Å². The molecule has 78 valence electrons. The molecule has 2 rings (SSSR count). The number of pyridine rings is 1. The van der Waals surface area contributed by atoms with Crippen molar-refractivity contribution in [3.63, 3.8) is 0 Å². The van der Waals surface area contributed by atoms with Crippen LogP contribution in [0.1, 0.15) is 0 Å². The molecule has 1 heterocycles. The molecule has 0 unspecified atom stereocenters. The summed E-state index contributed by atoms with van der Waals surface area (Å²) in [6.07, 6.45) is 0. The quantitative estimate of drug-likeness (QED) is 0.716. The van der Waals surface area contributed by atoms with Gasteiger partial charge in [-0.15, -0.1) is 0 Å². The molecule has 1 aromatic carbocycles. The van der Waals surface area contributed by atoms with Gasteiger partial charge in [-0.05, 0) is 12.1 Å². The average molecular weight is 246 g/mol. The normalized spacial score (nSPS) is 10.7. The van der Waals surface area contributed by atoms with E-state index >= 15 is 0 Å². The van der Waals surface area contributed by atoms with Gasteiger partial charge in [0.25, 0.3) is 0 Å². The minimum absolute atomic E-state index is 0.119. The predicted octanol–water partition coefficient (Wildman–Crippen LogP) is 3.69. The van der Waals surface area contributed by atoms with E-state index in [0.29, 0.717) is 15.9 Å². The van der Waals surface area contributed by atoms with E-state index in [9.17, 15) is 4.39 Å². The van der Waals surface area contributed by atoms with Crippen molar-refractivity contribution in [1.29, 1.82) is 0 Å². The van der Waals surface area contributed by atoms with Gasteiger partial charge in [-0.25, -0.2) is 9.37 Å². The van der Waals surface area contributed by atoms with Crippen LogP contribution in [0, 0.1) is 5.82 Å². The van der Waals surface area contributed by atoms with E-state index in [0.717, 1.165) is 0 Å². The maximum absolute atomic E-state index is 13.4. The molecule has 0 atom stereocenters. The Morgan fingerprint density at radius 2 is 2.00 bits per heavy atom. The van der Waals surface area contributed by atoms with Crippen molar-refractivity contribution in [3.05, 3.63) is 34.2 Å². The second-order valence-electron chi connectivity index (χ2n) is 2.93. The van der Waals surface area contributed by atoms with Crippen molar-refractivity contribution in [1.82, 2.24) is 4.98 Å².